The molecule has 4 nitrogen and oxygen atoms in total. The number of thiazole rings is 1. The van der Waals surface area contributed by atoms with Crippen molar-refractivity contribution in [1.29, 1.82) is 0 Å². The van der Waals surface area contributed by atoms with E-state index in [4.69, 9.17) is 4.74 Å². The van der Waals surface area contributed by atoms with Crippen molar-refractivity contribution < 1.29 is 4.74 Å². The van der Waals surface area contributed by atoms with E-state index in [2.05, 4.69) is 51.4 Å². The number of hydrogen-bond donors (Lipinski definition) is 0. The van der Waals surface area contributed by atoms with E-state index in [1.807, 2.05) is 6.20 Å². The molecule has 0 amide bonds. The van der Waals surface area contributed by atoms with Gasteiger partial charge in [0.05, 0.1) is 12.6 Å². The maximum atomic E-state index is 5.92. The van der Waals surface area contributed by atoms with Gasteiger partial charge in [0.2, 0.25) is 0 Å². The molecular weight excluding hydrogens is 366 g/mol. The van der Waals surface area contributed by atoms with E-state index in [0.29, 0.717) is 6.10 Å². The molecule has 1 aromatic carbocycles. The highest BCUT2D eigenvalue weighted by molar-refractivity contribution is 7.09. The van der Waals surface area contributed by atoms with Crippen LogP contribution in [0.15, 0.2) is 35.8 Å². The second-order valence-corrected chi connectivity index (χ2v) is 9.38. The van der Waals surface area contributed by atoms with Crippen molar-refractivity contribution in [1.82, 2.24) is 14.8 Å². The van der Waals surface area contributed by atoms with Gasteiger partial charge in [0.1, 0.15) is 5.01 Å². The summed E-state index contributed by atoms with van der Waals surface area (Å²) >= 11 is 1.77. The van der Waals surface area contributed by atoms with Crippen LogP contribution >= 0.6 is 11.3 Å². The molecule has 1 aromatic heterocycles. The van der Waals surface area contributed by atoms with Crippen LogP contribution in [0.2, 0.25) is 0 Å². The Kier molecular flexibility index (Phi) is 7.13. The Labute approximate surface area is 173 Å². The van der Waals surface area contributed by atoms with Crippen molar-refractivity contribution in [2.24, 2.45) is 5.92 Å². The third-order valence-corrected chi connectivity index (χ3v) is 6.97. The van der Waals surface area contributed by atoms with Crippen molar-refractivity contribution in [3.05, 3.63) is 52.0 Å². The predicted molar refractivity (Wildman–Crippen MR) is 116 cm³/mol. The highest BCUT2D eigenvalue weighted by Crippen LogP contribution is 2.23. The maximum Gasteiger partial charge on any atom is 0.107 e. The zero-order chi connectivity index (χ0) is 19.2. The molecule has 2 aliphatic heterocycles. The standard InChI is InChI=1S/C23H33N3OS/c1-19-5-2-3-6-21(19)16-25-11-8-20(9-12-25)15-26(17-22-7-4-13-27-22)18-23-24-10-14-28-23/h2-3,5-6,10,14,20,22H,4,7-9,11-13,15-18H2,1H3. The van der Waals surface area contributed by atoms with Crippen LogP contribution in [-0.2, 0) is 17.8 Å². The Balaban J connectivity index is 1.28. The van der Waals surface area contributed by atoms with Gasteiger partial charge >= 0.3 is 0 Å². The van der Waals surface area contributed by atoms with Gasteiger partial charge in [-0.3, -0.25) is 9.80 Å². The summed E-state index contributed by atoms with van der Waals surface area (Å²) in [5, 5.41) is 3.32. The van der Waals surface area contributed by atoms with Crippen molar-refractivity contribution >= 4 is 11.3 Å². The molecular formula is C23H33N3OS. The molecule has 1 unspecified atom stereocenters. The van der Waals surface area contributed by atoms with Crippen molar-refractivity contribution in [3.8, 4) is 0 Å². The van der Waals surface area contributed by atoms with E-state index in [1.165, 1.54) is 61.5 Å². The van der Waals surface area contributed by atoms with E-state index in [0.717, 1.165) is 32.2 Å². The molecule has 0 aliphatic carbocycles. The van der Waals surface area contributed by atoms with Gasteiger partial charge in [0.25, 0.3) is 0 Å². The van der Waals surface area contributed by atoms with E-state index in [-0.39, 0.29) is 0 Å². The topological polar surface area (TPSA) is 28.6 Å². The number of aryl methyl sites for hydroxylation is 1. The van der Waals surface area contributed by atoms with E-state index < -0.39 is 0 Å². The fraction of sp³-hybridized carbons (Fsp3) is 0.609. The highest BCUT2D eigenvalue weighted by atomic mass is 32.1. The zero-order valence-electron chi connectivity index (χ0n) is 17.1. The van der Waals surface area contributed by atoms with Gasteiger partial charge < -0.3 is 4.74 Å². The van der Waals surface area contributed by atoms with Gasteiger partial charge in [-0.25, -0.2) is 4.98 Å². The molecule has 152 valence electrons. The second kappa shape index (κ2) is 9.97. The lowest BCUT2D eigenvalue weighted by Gasteiger charge is -2.35. The lowest BCUT2D eigenvalue weighted by molar-refractivity contribution is 0.0570. The van der Waals surface area contributed by atoms with Crippen LogP contribution in [0.3, 0.4) is 0 Å². The number of likely N-dealkylation sites (tertiary alicyclic amines) is 1. The molecule has 4 rings (SSSR count). The number of benzene rings is 1. The summed E-state index contributed by atoms with van der Waals surface area (Å²) in [6, 6.07) is 8.80. The fourth-order valence-corrected chi connectivity index (χ4v) is 5.18. The van der Waals surface area contributed by atoms with Crippen LogP contribution in [0.4, 0.5) is 0 Å². The maximum absolute atomic E-state index is 5.92. The summed E-state index contributed by atoms with van der Waals surface area (Å²) in [6.45, 7) is 9.89. The minimum Gasteiger partial charge on any atom is -0.377 e. The monoisotopic (exact) mass is 399 g/mol. The minimum absolute atomic E-state index is 0.418. The van der Waals surface area contributed by atoms with Crippen LogP contribution < -0.4 is 0 Å². The van der Waals surface area contributed by atoms with Crippen LogP contribution in [0.1, 0.15) is 41.8 Å². The van der Waals surface area contributed by atoms with Crippen molar-refractivity contribution in [3.63, 3.8) is 0 Å². The Morgan fingerprint density at radius 2 is 2.04 bits per heavy atom. The largest absolute Gasteiger partial charge is 0.377 e. The summed E-state index contributed by atoms with van der Waals surface area (Å²) < 4.78 is 5.92. The SMILES string of the molecule is Cc1ccccc1CN1CCC(CN(Cc2nccs2)CC2CCCO2)CC1. The summed E-state index contributed by atoms with van der Waals surface area (Å²) in [7, 11) is 0. The number of aromatic nitrogens is 1. The fourth-order valence-electron chi connectivity index (χ4n) is 4.52. The lowest BCUT2D eigenvalue weighted by atomic mass is 9.95. The van der Waals surface area contributed by atoms with E-state index >= 15 is 0 Å². The Morgan fingerprint density at radius 3 is 2.75 bits per heavy atom. The first-order chi connectivity index (χ1) is 13.8. The number of hydrogen-bond acceptors (Lipinski definition) is 5. The van der Waals surface area contributed by atoms with E-state index in [1.54, 1.807) is 11.3 Å². The number of ether oxygens (including phenoxy) is 1. The molecule has 0 N–H and O–H groups in total. The number of nitrogens with zero attached hydrogens (tertiary/aromatic N) is 3. The van der Waals surface area contributed by atoms with Gasteiger partial charge in [-0.2, -0.15) is 0 Å². The first-order valence-corrected chi connectivity index (χ1v) is 11.6. The van der Waals surface area contributed by atoms with Crippen molar-refractivity contribution in [2.45, 2.75) is 51.8 Å². The van der Waals surface area contributed by atoms with Gasteiger partial charge in [-0.1, -0.05) is 24.3 Å². The third kappa shape index (κ3) is 5.63. The molecule has 0 spiro atoms. The number of rotatable bonds is 8. The second-order valence-electron chi connectivity index (χ2n) is 8.40. The van der Waals surface area contributed by atoms with Gasteiger partial charge in [-0.05, 0) is 62.7 Å². The Bertz CT molecular complexity index is 706. The average molecular weight is 400 g/mol. The quantitative estimate of drug-likeness (QED) is 0.660. The third-order valence-electron chi connectivity index (χ3n) is 6.21. The Morgan fingerprint density at radius 1 is 1.18 bits per heavy atom. The van der Waals surface area contributed by atoms with Crippen LogP contribution in [-0.4, -0.2) is 53.7 Å². The average Bonchev–Trinajstić information content (AvgIpc) is 3.39. The summed E-state index contributed by atoms with van der Waals surface area (Å²) in [5.41, 5.74) is 2.89. The molecule has 0 radical (unpaired) electrons. The van der Waals surface area contributed by atoms with Crippen molar-refractivity contribution in [2.75, 3.05) is 32.8 Å². The minimum atomic E-state index is 0.418. The molecule has 1 atom stereocenters. The van der Waals surface area contributed by atoms with Crippen LogP contribution in [0.25, 0.3) is 0 Å². The number of piperidine rings is 1. The molecule has 5 heteroatoms. The molecule has 2 aliphatic rings. The predicted octanol–water partition coefficient (Wildman–Crippen LogP) is 4.34. The van der Waals surface area contributed by atoms with Crippen LogP contribution in [0.5, 0.6) is 0 Å². The highest BCUT2D eigenvalue weighted by Gasteiger charge is 2.25. The Hall–Kier alpha value is -1.27. The summed E-state index contributed by atoms with van der Waals surface area (Å²) in [5.74, 6) is 0.787. The summed E-state index contributed by atoms with van der Waals surface area (Å²) in [6.07, 6.45) is 7.36. The van der Waals surface area contributed by atoms with Crippen LogP contribution in [0, 0.1) is 12.8 Å². The molecule has 28 heavy (non-hydrogen) atoms. The normalized spacial score (nSPS) is 21.6. The first kappa shape index (κ1) is 20.0. The molecule has 2 fully saturated rings. The zero-order valence-corrected chi connectivity index (χ0v) is 17.9. The van der Waals surface area contributed by atoms with E-state index in [9.17, 15) is 0 Å². The first-order valence-electron chi connectivity index (χ1n) is 10.8. The van der Waals surface area contributed by atoms with Gasteiger partial charge in [0.15, 0.2) is 0 Å². The molecule has 2 aromatic rings. The lowest BCUT2D eigenvalue weighted by Crippen LogP contribution is -2.40. The van der Waals surface area contributed by atoms with Gasteiger partial charge in [0, 0.05) is 37.8 Å². The molecule has 0 bridgehead atoms. The molecule has 0 saturated carbocycles. The van der Waals surface area contributed by atoms with Gasteiger partial charge in [-0.15, -0.1) is 11.3 Å². The molecule has 2 saturated heterocycles. The summed E-state index contributed by atoms with van der Waals surface area (Å²) in [4.78, 5) is 9.76. The molecule has 3 heterocycles. The smallest absolute Gasteiger partial charge is 0.107 e.